The fourth-order valence-electron chi connectivity index (χ4n) is 1.59. The van der Waals surface area contributed by atoms with E-state index in [1.165, 1.54) is 11.3 Å². The van der Waals surface area contributed by atoms with Gasteiger partial charge in [0, 0.05) is 9.85 Å². The third-order valence-electron chi connectivity index (χ3n) is 2.50. The van der Waals surface area contributed by atoms with E-state index in [4.69, 9.17) is 21.9 Å². The number of anilines is 1. The highest BCUT2D eigenvalue weighted by molar-refractivity contribution is 9.10. The molecule has 0 aliphatic carbocycles. The Labute approximate surface area is 126 Å². The van der Waals surface area contributed by atoms with Gasteiger partial charge in [0.15, 0.2) is 0 Å². The van der Waals surface area contributed by atoms with Gasteiger partial charge >= 0.3 is 0 Å². The molecule has 1 aromatic carbocycles. The highest BCUT2D eigenvalue weighted by atomic mass is 79.9. The summed E-state index contributed by atoms with van der Waals surface area (Å²) in [5.74, 6) is 0.893. The summed E-state index contributed by atoms with van der Waals surface area (Å²) in [6.07, 6.45) is 0. The number of halogens is 2. The first kappa shape index (κ1) is 12.7. The van der Waals surface area contributed by atoms with Crippen molar-refractivity contribution in [3.05, 3.63) is 39.1 Å². The second-order valence-corrected chi connectivity index (χ2v) is 5.99. The molecule has 0 spiro atoms. The maximum absolute atomic E-state index is 5.97. The van der Waals surface area contributed by atoms with Gasteiger partial charge in [-0.1, -0.05) is 22.8 Å². The van der Waals surface area contributed by atoms with E-state index in [1.807, 2.05) is 11.4 Å². The Bertz CT molecular complexity index is 740. The van der Waals surface area contributed by atoms with Gasteiger partial charge in [0.2, 0.25) is 5.82 Å². The lowest BCUT2D eigenvalue weighted by Gasteiger charge is -2.01. The molecule has 4 nitrogen and oxygen atoms in total. The predicted molar refractivity (Wildman–Crippen MR) is 80.2 cm³/mol. The Kier molecular flexibility index (Phi) is 3.30. The quantitative estimate of drug-likeness (QED) is 0.688. The van der Waals surface area contributed by atoms with Crippen molar-refractivity contribution in [1.82, 2.24) is 10.1 Å². The Balaban J connectivity index is 2.04. The lowest BCUT2D eigenvalue weighted by atomic mass is 10.2. The van der Waals surface area contributed by atoms with Crippen molar-refractivity contribution in [3.8, 4) is 22.2 Å². The van der Waals surface area contributed by atoms with Gasteiger partial charge < -0.3 is 10.3 Å². The van der Waals surface area contributed by atoms with Crippen LogP contribution in [0.4, 0.5) is 5.69 Å². The summed E-state index contributed by atoms with van der Waals surface area (Å²) < 4.78 is 6.23. The molecule has 0 unspecified atom stereocenters. The zero-order valence-corrected chi connectivity index (χ0v) is 12.6. The minimum atomic E-state index is 0.361. The predicted octanol–water partition coefficient (Wildman–Crippen LogP) is 4.46. The maximum atomic E-state index is 5.97. The first-order valence-corrected chi connectivity index (χ1v) is 7.32. The first-order chi connectivity index (χ1) is 9.15. The molecule has 0 radical (unpaired) electrons. The largest absolute Gasteiger partial charge is 0.397 e. The molecular formula is C12H7BrClN3OS. The number of nitrogens with zero attached hydrogens (tertiary/aromatic N) is 2. The Morgan fingerprint density at radius 2 is 2.21 bits per heavy atom. The van der Waals surface area contributed by atoms with Crippen LogP contribution in [0.5, 0.6) is 0 Å². The molecule has 0 atom stereocenters. The van der Waals surface area contributed by atoms with Crippen LogP contribution in [0.1, 0.15) is 0 Å². The van der Waals surface area contributed by atoms with E-state index in [0.717, 1.165) is 9.35 Å². The second-order valence-electron chi connectivity index (χ2n) is 3.75. The molecule has 7 heteroatoms. The number of rotatable bonds is 2. The number of hydrogen-bond donors (Lipinski definition) is 1. The summed E-state index contributed by atoms with van der Waals surface area (Å²) in [5.41, 5.74) is 6.98. The average Bonchev–Trinajstić information content (AvgIpc) is 3.01. The number of benzene rings is 1. The molecule has 19 heavy (non-hydrogen) atoms. The van der Waals surface area contributed by atoms with Gasteiger partial charge in [-0.05, 0) is 34.1 Å². The molecule has 3 rings (SSSR count). The summed E-state index contributed by atoms with van der Waals surface area (Å²) >= 11 is 10.9. The van der Waals surface area contributed by atoms with Crippen LogP contribution < -0.4 is 5.73 Å². The summed E-state index contributed by atoms with van der Waals surface area (Å²) in [4.78, 5) is 5.26. The van der Waals surface area contributed by atoms with Crippen LogP contribution in [0.3, 0.4) is 0 Å². The standard InChI is InChI=1S/C12H7BrClN3OS/c13-6-4-9(19-5-6)11-16-12(18-17-11)7-2-1-3-8(14)10(7)15/h1-5H,15H2. The Hall–Kier alpha value is -1.37. The molecule has 3 aromatic rings. The van der Waals surface area contributed by atoms with Gasteiger partial charge in [0.05, 0.1) is 21.2 Å². The number of thiophene rings is 1. The average molecular weight is 357 g/mol. The van der Waals surface area contributed by atoms with Gasteiger partial charge in [0.25, 0.3) is 5.89 Å². The van der Waals surface area contributed by atoms with Crippen molar-refractivity contribution in [2.75, 3.05) is 5.73 Å². The molecule has 0 aliphatic heterocycles. The van der Waals surface area contributed by atoms with Crippen LogP contribution in [-0.4, -0.2) is 10.1 Å². The topological polar surface area (TPSA) is 64.9 Å². The summed E-state index contributed by atoms with van der Waals surface area (Å²) in [7, 11) is 0. The van der Waals surface area contributed by atoms with Crippen LogP contribution in [-0.2, 0) is 0 Å². The summed E-state index contributed by atoms with van der Waals surface area (Å²) in [6, 6.07) is 7.23. The molecule has 2 heterocycles. The summed E-state index contributed by atoms with van der Waals surface area (Å²) in [5, 5.41) is 6.38. The van der Waals surface area contributed by atoms with E-state index in [2.05, 4.69) is 26.1 Å². The van der Waals surface area contributed by atoms with Crippen molar-refractivity contribution in [2.45, 2.75) is 0 Å². The van der Waals surface area contributed by atoms with Gasteiger partial charge in [0.1, 0.15) is 0 Å². The van der Waals surface area contributed by atoms with Crippen LogP contribution in [0, 0.1) is 0 Å². The molecule has 0 fully saturated rings. The molecule has 2 N–H and O–H groups in total. The monoisotopic (exact) mass is 355 g/mol. The maximum Gasteiger partial charge on any atom is 0.260 e. The number of nitrogen functional groups attached to an aromatic ring is 1. The molecule has 0 saturated carbocycles. The van der Waals surface area contributed by atoms with Gasteiger partial charge in [-0.25, -0.2) is 0 Å². The minimum absolute atomic E-state index is 0.361. The summed E-state index contributed by atoms with van der Waals surface area (Å²) in [6.45, 7) is 0. The Morgan fingerprint density at radius 3 is 2.95 bits per heavy atom. The highest BCUT2D eigenvalue weighted by Gasteiger charge is 2.15. The normalized spacial score (nSPS) is 10.8. The van der Waals surface area contributed by atoms with E-state index in [-0.39, 0.29) is 0 Å². The van der Waals surface area contributed by atoms with E-state index in [0.29, 0.717) is 28.0 Å². The third kappa shape index (κ3) is 2.39. The van der Waals surface area contributed by atoms with Crippen molar-refractivity contribution in [2.24, 2.45) is 0 Å². The van der Waals surface area contributed by atoms with Crippen molar-refractivity contribution >= 4 is 44.6 Å². The fraction of sp³-hybridized carbons (Fsp3) is 0. The van der Waals surface area contributed by atoms with Gasteiger partial charge in [-0.3, -0.25) is 0 Å². The first-order valence-electron chi connectivity index (χ1n) is 5.27. The SMILES string of the molecule is Nc1c(Cl)cccc1-c1nc(-c2cc(Br)cs2)no1. The molecular weight excluding hydrogens is 350 g/mol. The zero-order valence-electron chi connectivity index (χ0n) is 9.43. The number of para-hydroxylation sites is 1. The van der Waals surface area contributed by atoms with Crippen LogP contribution in [0.15, 0.2) is 38.6 Å². The lowest BCUT2D eigenvalue weighted by Crippen LogP contribution is -1.91. The molecule has 2 aromatic heterocycles. The molecule has 0 aliphatic rings. The van der Waals surface area contributed by atoms with Crippen molar-refractivity contribution < 1.29 is 4.52 Å². The van der Waals surface area contributed by atoms with E-state index in [1.54, 1.807) is 18.2 Å². The van der Waals surface area contributed by atoms with E-state index < -0.39 is 0 Å². The number of nitrogens with two attached hydrogens (primary N) is 1. The smallest absolute Gasteiger partial charge is 0.260 e. The third-order valence-corrected chi connectivity index (χ3v) is 4.51. The lowest BCUT2D eigenvalue weighted by molar-refractivity contribution is 0.432. The minimum Gasteiger partial charge on any atom is -0.397 e. The molecule has 0 saturated heterocycles. The molecule has 0 bridgehead atoms. The Morgan fingerprint density at radius 1 is 1.37 bits per heavy atom. The van der Waals surface area contributed by atoms with Crippen LogP contribution in [0.25, 0.3) is 22.2 Å². The zero-order chi connectivity index (χ0) is 13.4. The van der Waals surface area contributed by atoms with Crippen molar-refractivity contribution in [3.63, 3.8) is 0 Å². The second kappa shape index (κ2) is 4.96. The highest BCUT2D eigenvalue weighted by Crippen LogP contribution is 2.33. The van der Waals surface area contributed by atoms with Crippen molar-refractivity contribution in [1.29, 1.82) is 0 Å². The van der Waals surface area contributed by atoms with Gasteiger partial charge in [-0.2, -0.15) is 4.98 Å². The number of aromatic nitrogens is 2. The van der Waals surface area contributed by atoms with Gasteiger partial charge in [-0.15, -0.1) is 11.3 Å². The van der Waals surface area contributed by atoms with Crippen LogP contribution >= 0.6 is 38.9 Å². The number of hydrogen-bond acceptors (Lipinski definition) is 5. The molecule has 96 valence electrons. The van der Waals surface area contributed by atoms with Crippen LogP contribution in [0.2, 0.25) is 5.02 Å². The molecule has 0 amide bonds. The van der Waals surface area contributed by atoms with E-state index >= 15 is 0 Å². The van der Waals surface area contributed by atoms with E-state index in [9.17, 15) is 0 Å². The fourth-order valence-corrected chi connectivity index (χ4v) is 3.11.